The molecular weight excluding hydrogens is 234 g/mol. The lowest BCUT2D eigenvalue weighted by atomic mass is 10.0. The van der Waals surface area contributed by atoms with E-state index in [4.69, 9.17) is 5.73 Å². The van der Waals surface area contributed by atoms with Gasteiger partial charge in [-0.05, 0) is 18.9 Å². The van der Waals surface area contributed by atoms with Gasteiger partial charge in [0.15, 0.2) is 9.84 Å². The second-order valence-corrected chi connectivity index (χ2v) is 6.86. The Morgan fingerprint density at radius 1 is 1.24 bits per heavy atom. The topological polar surface area (TPSA) is 60.2 Å². The first-order chi connectivity index (χ1) is 8.01. The Balaban J connectivity index is 2.85. The summed E-state index contributed by atoms with van der Waals surface area (Å²) in [6.45, 7) is 4.01. The predicted octanol–water partition coefficient (Wildman–Crippen LogP) is 1.94. The summed E-state index contributed by atoms with van der Waals surface area (Å²) in [6, 6.07) is 9.61. The van der Waals surface area contributed by atoms with Crippen molar-refractivity contribution in [3.05, 3.63) is 35.9 Å². The van der Waals surface area contributed by atoms with Crippen LogP contribution < -0.4 is 5.73 Å². The van der Waals surface area contributed by atoms with Gasteiger partial charge in [-0.25, -0.2) is 8.42 Å². The van der Waals surface area contributed by atoms with E-state index in [0.29, 0.717) is 13.0 Å². The third-order valence-electron chi connectivity index (χ3n) is 3.18. The molecule has 0 spiro atoms. The minimum atomic E-state index is -3.05. The minimum Gasteiger partial charge on any atom is -0.330 e. The smallest absolute Gasteiger partial charge is 0.153 e. The predicted molar refractivity (Wildman–Crippen MR) is 71.8 cm³/mol. The molecule has 0 saturated carbocycles. The van der Waals surface area contributed by atoms with E-state index in [2.05, 4.69) is 0 Å². The number of rotatable bonds is 6. The maximum Gasteiger partial charge on any atom is 0.153 e. The first-order valence-corrected chi connectivity index (χ1v) is 7.69. The summed E-state index contributed by atoms with van der Waals surface area (Å²) >= 11 is 0. The highest BCUT2D eigenvalue weighted by atomic mass is 32.2. The average molecular weight is 255 g/mol. The van der Waals surface area contributed by atoms with Crippen LogP contribution in [0.25, 0.3) is 0 Å². The van der Waals surface area contributed by atoms with Crippen LogP contribution in [0.1, 0.15) is 31.7 Å². The Morgan fingerprint density at radius 2 is 1.82 bits per heavy atom. The van der Waals surface area contributed by atoms with E-state index in [1.54, 1.807) is 6.92 Å². The molecule has 3 nitrogen and oxygen atoms in total. The molecule has 1 rings (SSSR count). The summed E-state index contributed by atoms with van der Waals surface area (Å²) in [7, 11) is -3.05. The van der Waals surface area contributed by atoms with Gasteiger partial charge in [0, 0.05) is 12.5 Å². The third-order valence-corrected chi connectivity index (χ3v) is 5.60. The van der Waals surface area contributed by atoms with E-state index in [1.807, 2.05) is 37.3 Å². The summed E-state index contributed by atoms with van der Waals surface area (Å²) in [4.78, 5) is 0. The van der Waals surface area contributed by atoms with Crippen molar-refractivity contribution >= 4 is 9.84 Å². The van der Waals surface area contributed by atoms with Crippen molar-refractivity contribution < 1.29 is 8.42 Å². The fraction of sp³-hybridized carbons (Fsp3) is 0.538. The fourth-order valence-electron chi connectivity index (χ4n) is 1.72. The van der Waals surface area contributed by atoms with Crippen molar-refractivity contribution in [1.82, 2.24) is 0 Å². The molecule has 2 unspecified atom stereocenters. The van der Waals surface area contributed by atoms with Crippen LogP contribution in [-0.4, -0.2) is 26.0 Å². The minimum absolute atomic E-state index is 0.102. The lowest BCUT2D eigenvalue weighted by molar-refractivity contribution is 0.573. The Kier molecular flexibility index (Phi) is 5.15. The SMILES string of the molecule is CCC(C)S(=O)(=O)CC(CN)c1ccccc1. The van der Waals surface area contributed by atoms with Crippen LogP contribution in [0.3, 0.4) is 0 Å². The number of sulfone groups is 1. The van der Waals surface area contributed by atoms with E-state index in [1.165, 1.54) is 0 Å². The molecule has 0 aromatic heterocycles. The molecule has 0 aliphatic heterocycles. The van der Waals surface area contributed by atoms with Crippen LogP contribution in [0.15, 0.2) is 30.3 Å². The van der Waals surface area contributed by atoms with Gasteiger partial charge in [0.2, 0.25) is 0 Å². The second-order valence-electron chi connectivity index (χ2n) is 4.39. The molecule has 96 valence electrons. The summed E-state index contributed by atoms with van der Waals surface area (Å²) in [5.74, 6) is 0.0397. The van der Waals surface area contributed by atoms with E-state index in [-0.39, 0.29) is 16.9 Å². The lowest BCUT2D eigenvalue weighted by Crippen LogP contribution is -2.27. The molecule has 0 aliphatic rings. The van der Waals surface area contributed by atoms with Crippen LogP contribution in [0, 0.1) is 0 Å². The van der Waals surface area contributed by atoms with Gasteiger partial charge in [-0.2, -0.15) is 0 Å². The summed E-state index contributed by atoms with van der Waals surface area (Å²) in [5, 5.41) is -0.291. The molecule has 0 heterocycles. The number of nitrogens with two attached hydrogens (primary N) is 1. The fourth-order valence-corrected chi connectivity index (χ4v) is 3.45. The Hall–Kier alpha value is -0.870. The number of hydrogen-bond donors (Lipinski definition) is 1. The molecule has 0 fully saturated rings. The molecule has 0 bridgehead atoms. The highest BCUT2D eigenvalue weighted by Crippen LogP contribution is 2.19. The van der Waals surface area contributed by atoms with Gasteiger partial charge in [-0.3, -0.25) is 0 Å². The van der Waals surface area contributed by atoms with Crippen molar-refractivity contribution in [3.63, 3.8) is 0 Å². The van der Waals surface area contributed by atoms with Gasteiger partial charge in [0.1, 0.15) is 0 Å². The zero-order valence-corrected chi connectivity index (χ0v) is 11.3. The standard InChI is InChI=1S/C13H21NO2S/c1-3-11(2)17(15,16)10-13(9-14)12-7-5-4-6-8-12/h4-8,11,13H,3,9-10,14H2,1-2H3. The zero-order valence-electron chi connectivity index (χ0n) is 10.5. The van der Waals surface area contributed by atoms with E-state index < -0.39 is 9.84 Å². The van der Waals surface area contributed by atoms with E-state index >= 15 is 0 Å². The quantitative estimate of drug-likeness (QED) is 0.845. The largest absolute Gasteiger partial charge is 0.330 e. The third kappa shape index (κ3) is 3.82. The second kappa shape index (κ2) is 6.17. The van der Waals surface area contributed by atoms with Crippen molar-refractivity contribution in [2.24, 2.45) is 5.73 Å². The molecule has 0 amide bonds. The Bertz CT molecular complexity index is 428. The van der Waals surface area contributed by atoms with Gasteiger partial charge in [-0.1, -0.05) is 37.3 Å². The highest BCUT2D eigenvalue weighted by Gasteiger charge is 2.24. The maximum absolute atomic E-state index is 12.0. The summed E-state index contributed by atoms with van der Waals surface area (Å²) in [5.41, 5.74) is 6.69. The molecule has 17 heavy (non-hydrogen) atoms. The molecule has 0 aliphatic carbocycles. The van der Waals surface area contributed by atoms with E-state index in [0.717, 1.165) is 5.56 Å². The Morgan fingerprint density at radius 3 is 2.29 bits per heavy atom. The molecule has 2 N–H and O–H groups in total. The molecular formula is C13H21NO2S. The van der Waals surface area contributed by atoms with E-state index in [9.17, 15) is 8.42 Å². The van der Waals surface area contributed by atoms with Crippen LogP contribution in [0.2, 0.25) is 0 Å². The summed E-state index contributed by atoms with van der Waals surface area (Å²) in [6.07, 6.45) is 0.647. The zero-order chi connectivity index (χ0) is 12.9. The van der Waals surface area contributed by atoms with Crippen LogP contribution >= 0.6 is 0 Å². The van der Waals surface area contributed by atoms with Crippen LogP contribution in [0.4, 0.5) is 0 Å². The molecule has 0 saturated heterocycles. The van der Waals surface area contributed by atoms with Crippen molar-refractivity contribution in [3.8, 4) is 0 Å². The summed E-state index contributed by atoms with van der Waals surface area (Å²) < 4.78 is 24.1. The monoisotopic (exact) mass is 255 g/mol. The molecule has 1 aromatic carbocycles. The molecule has 4 heteroatoms. The van der Waals surface area contributed by atoms with Gasteiger partial charge < -0.3 is 5.73 Å². The first-order valence-electron chi connectivity index (χ1n) is 5.97. The van der Waals surface area contributed by atoms with Crippen LogP contribution in [-0.2, 0) is 9.84 Å². The van der Waals surface area contributed by atoms with Crippen molar-refractivity contribution in [1.29, 1.82) is 0 Å². The van der Waals surface area contributed by atoms with Gasteiger partial charge in [0.25, 0.3) is 0 Å². The lowest BCUT2D eigenvalue weighted by Gasteiger charge is -2.18. The Labute approximate surface area is 104 Å². The number of benzene rings is 1. The maximum atomic E-state index is 12.0. The van der Waals surface area contributed by atoms with Gasteiger partial charge >= 0.3 is 0 Å². The average Bonchev–Trinajstić information content (AvgIpc) is 2.36. The molecule has 1 aromatic rings. The van der Waals surface area contributed by atoms with Gasteiger partial charge in [-0.15, -0.1) is 0 Å². The molecule has 2 atom stereocenters. The normalized spacial score (nSPS) is 15.5. The van der Waals surface area contributed by atoms with Crippen molar-refractivity contribution in [2.45, 2.75) is 31.4 Å². The van der Waals surface area contributed by atoms with Gasteiger partial charge in [0.05, 0.1) is 11.0 Å². The number of hydrogen-bond acceptors (Lipinski definition) is 3. The highest BCUT2D eigenvalue weighted by molar-refractivity contribution is 7.92. The van der Waals surface area contributed by atoms with Crippen molar-refractivity contribution in [2.75, 3.05) is 12.3 Å². The first kappa shape index (κ1) is 14.2. The van der Waals surface area contributed by atoms with Crippen LogP contribution in [0.5, 0.6) is 0 Å². The molecule has 0 radical (unpaired) electrons.